The summed E-state index contributed by atoms with van der Waals surface area (Å²) in [5.74, 6) is -0.455. The zero-order chi connectivity index (χ0) is 13.1. The third-order valence-corrected chi connectivity index (χ3v) is 3.55. The van der Waals surface area contributed by atoms with Crippen molar-refractivity contribution in [3.63, 3.8) is 0 Å². The Morgan fingerprint density at radius 2 is 1.78 bits per heavy atom. The number of halogens is 3. The van der Waals surface area contributed by atoms with Gasteiger partial charge in [0.2, 0.25) is 0 Å². The standard InChI is InChI=1S/C14H12Cl2FN/c15-11-6-2-1-4-9(11)8-13(18)10-5-3-7-12(17)14(10)16/h1-7,13H,8,18H2. The quantitative estimate of drug-likeness (QED) is 0.889. The second-order valence-corrected chi connectivity index (χ2v) is 4.83. The van der Waals surface area contributed by atoms with Gasteiger partial charge in [0.1, 0.15) is 5.82 Å². The Balaban J connectivity index is 2.25. The van der Waals surface area contributed by atoms with Gasteiger partial charge < -0.3 is 5.73 Å². The predicted octanol–water partition coefficient (Wildman–Crippen LogP) is 4.38. The maximum Gasteiger partial charge on any atom is 0.142 e. The van der Waals surface area contributed by atoms with E-state index in [1.807, 2.05) is 18.2 Å². The van der Waals surface area contributed by atoms with Gasteiger partial charge in [-0.1, -0.05) is 53.5 Å². The van der Waals surface area contributed by atoms with Gasteiger partial charge >= 0.3 is 0 Å². The minimum atomic E-state index is -0.455. The highest BCUT2D eigenvalue weighted by atomic mass is 35.5. The first-order valence-corrected chi connectivity index (χ1v) is 6.28. The average molecular weight is 284 g/mol. The van der Waals surface area contributed by atoms with E-state index in [-0.39, 0.29) is 11.1 Å². The zero-order valence-electron chi connectivity index (χ0n) is 9.54. The van der Waals surface area contributed by atoms with Crippen LogP contribution in [0.1, 0.15) is 17.2 Å². The molecule has 0 saturated heterocycles. The van der Waals surface area contributed by atoms with Gasteiger partial charge in [0.25, 0.3) is 0 Å². The van der Waals surface area contributed by atoms with Crippen molar-refractivity contribution in [3.05, 3.63) is 69.5 Å². The van der Waals surface area contributed by atoms with Crippen LogP contribution in [0.3, 0.4) is 0 Å². The smallest absolute Gasteiger partial charge is 0.142 e. The second-order valence-electron chi connectivity index (χ2n) is 4.05. The van der Waals surface area contributed by atoms with Gasteiger partial charge in [0.15, 0.2) is 0 Å². The maximum atomic E-state index is 13.3. The lowest BCUT2D eigenvalue weighted by molar-refractivity contribution is 0.619. The van der Waals surface area contributed by atoms with Crippen LogP contribution in [0.15, 0.2) is 42.5 Å². The van der Waals surface area contributed by atoms with Gasteiger partial charge in [-0.3, -0.25) is 0 Å². The van der Waals surface area contributed by atoms with Crippen LogP contribution in [-0.2, 0) is 6.42 Å². The lowest BCUT2D eigenvalue weighted by Crippen LogP contribution is -2.14. The summed E-state index contributed by atoms with van der Waals surface area (Å²) in [7, 11) is 0. The fourth-order valence-electron chi connectivity index (χ4n) is 1.82. The van der Waals surface area contributed by atoms with Gasteiger partial charge in [-0.15, -0.1) is 0 Å². The molecule has 0 aliphatic heterocycles. The highest BCUT2D eigenvalue weighted by Gasteiger charge is 2.14. The van der Waals surface area contributed by atoms with Crippen LogP contribution in [0.4, 0.5) is 4.39 Å². The van der Waals surface area contributed by atoms with Crippen LogP contribution in [0.5, 0.6) is 0 Å². The van der Waals surface area contributed by atoms with E-state index in [1.54, 1.807) is 18.2 Å². The minimum Gasteiger partial charge on any atom is -0.324 e. The largest absolute Gasteiger partial charge is 0.324 e. The fraction of sp³-hybridized carbons (Fsp3) is 0.143. The van der Waals surface area contributed by atoms with Gasteiger partial charge in [0.05, 0.1) is 5.02 Å². The van der Waals surface area contributed by atoms with Crippen LogP contribution >= 0.6 is 23.2 Å². The van der Waals surface area contributed by atoms with Gasteiger partial charge in [-0.2, -0.15) is 0 Å². The van der Waals surface area contributed by atoms with Crippen LogP contribution in [-0.4, -0.2) is 0 Å². The molecule has 1 unspecified atom stereocenters. The number of rotatable bonds is 3. The number of hydrogen-bond donors (Lipinski definition) is 1. The van der Waals surface area contributed by atoms with E-state index in [0.717, 1.165) is 5.56 Å². The first kappa shape index (κ1) is 13.3. The number of benzene rings is 2. The molecule has 2 aromatic carbocycles. The molecule has 1 atom stereocenters. The van der Waals surface area contributed by atoms with E-state index in [0.29, 0.717) is 17.0 Å². The van der Waals surface area contributed by atoms with Gasteiger partial charge in [0, 0.05) is 11.1 Å². The third kappa shape index (κ3) is 2.83. The number of hydrogen-bond acceptors (Lipinski definition) is 1. The first-order valence-electron chi connectivity index (χ1n) is 5.52. The topological polar surface area (TPSA) is 26.0 Å². The minimum absolute atomic E-state index is 0.0806. The van der Waals surface area contributed by atoms with E-state index in [9.17, 15) is 4.39 Å². The lowest BCUT2D eigenvalue weighted by atomic mass is 9.99. The Labute approximate surface area is 115 Å². The molecule has 18 heavy (non-hydrogen) atoms. The maximum absolute atomic E-state index is 13.3. The molecule has 2 N–H and O–H groups in total. The Morgan fingerprint density at radius 3 is 2.50 bits per heavy atom. The molecule has 0 aromatic heterocycles. The van der Waals surface area contributed by atoms with Crippen molar-refractivity contribution >= 4 is 23.2 Å². The normalized spacial score (nSPS) is 12.4. The second kappa shape index (κ2) is 5.70. The summed E-state index contributed by atoms with van der Waals surface area (Å²) in [5.41, 5.74) is 7.57. The Kier molecular flexibility index (Phi) is 4.23. The molecule has 0 spiro atoms. The fourth-order valence-corrected chi connectivity index (χ4v) is 2.30. The molecule has 0 heterocycles. The highest BCUT2D eigenvalue weighted by molar-refractivity contribution is 6.31. The number of nitrogens with two attached hydrogens (primary N) is 1. The Morgan fingerprint density at radius 1 is 1.06 bits per heavy atom. The summed E-state index contributed by atoms with van der Waals surface area (Å²) >= 11 is 12.0. The molecule has 4 heteroatoms. The van der Waals surface area contributed by atoms with E-state index in [4.69, 9.17) is 28.9 Å². The molecule has 0 amide bonds. The molecule has 2 aromatic rings. The van der Waals surface area contributed by atoms with Crippen LogP contribution in [0, 0.1) is 5.82 Å². The summed E-state index contributed by atoms with van der Waals surface area (Å²) in [4.78, 5) is 0. The summed E-state index contributed by atoms with van der Waals surface area (Å²) in [6.07, 6.45) is 0.517. The van der Waals surface area contributed by atoms with Crippen LogP contribution in [0.25, 0.3) is 0 Å². The lowest BCUT2D eigenvalue weighted by Gasteiger charge is -2.15. The molecule has 0 bridgehead atoms. The molecular formula is C14H12Cl2FN. The van der Waals surface area contributed by atoms with E-state index in [2.05, 4.69) is 0 Å². The van der Waals surface area contributed by atoms with Crippen molar-refractivity contribution in [2.45, 2.75) is 12.5 Å². The summed E-state index contributed by atoms with van der Waals surface area (Å²) in [6, 6.07) is 11.7. The molecular weight excluding hydrogens is 272 g/mol. The summed E-state index contributed by atoms with van der Waals surface area (Å²) in [5, 5.41) is 0.734. The van der Waals surface area contributed by atoms with Crippen molar-refractivity contribution < 1.29 is 4.39 Å². The van der Waals surface area contributed by atoms with E-state index in [1.165, 1.54) is 6.07 Å². The van der Waals surface area contributed by atoms with E-state index < -0.39 is 5.82 Å². The summed E-state index contributed by atoms with van der Waals surface area (Å²) < 4.78 is 13.3. The van der Waals surface area contributed by atoms with Crippen molar-refractivity contribution in [1.82, 2.24) is 0 Å². The molecule has 94 valence electrons. The molecule has 0 saturated carbocycles. The summed E-state index contributed by atoms with van der Waals surface area (Å²) in [6.45, 7) is 0. The SMILES string of the molecule is NC(Cc1ccccc1Cl)c1cccc(F)c1Cl. The monoisotopic (exact) mass is 283 g/mol. The molecule has 1 nitrogen and oxygen atoms in total. The Hall–Kier alpha value is -1.09. The molecule has 0 fully saturated rings. The molecule has 2 rings (SSSR count). The van der Waals surface area contributed by atoms with E-state index >= 15 is 0 Å². The average Bonchev–Trinajstić information content (AvgIpc) is 2.35. The Bertz CT molecular complexity index is 557. The van der Waals surface area contributed by atoms with Gasteiger partial charge in [-0.05, 0) is 29.7 Å². The van der Waals surface area contributed by atoms with Crippen molar-refractivity contribution in [2.24, 2.45) is 5.73 Å². The first-order chi connectivity index (χ1) is 8.59. The van der Waals surface area contributed by atoms with Crippen LogP contribution in [0.2, 0.25) is 10.0 Å². The molecule has 0 aliphatic carbocycles. The molecule has 0 aliphatic rings. The zero-order valence-corrected chi connectivity index (χ0v) is 11.0. The highest BCUT2D eigenvalue weighted by Crippen LogP contribution is 2.28. The van der Waals surface area contributed by atoms with Crippen molar-refractivity contribution in [1.29, 1.82) is 0 Å². The van der Waals surface area contributed by atoms with Crippen molar-refractivity contribution in [3.8, 4) is 0 Å². The third-order valence-electron chi connectivity index (χ3n) is 2.78. The van der Waals surface area contributed by atoms with Crippen LogP contribution < -0.4 is 5.73 Å². The molecule has 0 radical (unpaired) electrons. The predicted molar refractivity (Wildman–Crippen MR) is 73.5 cm³/mol. The van der Waals surface area contributed by atoms with Gasteiger partial charge in [-0.25, -0.2) is 4.39 Å². The van der Waals surface area contributed by atoms with Crippen molar-refractivity contribution in [2.75, 3.05) is 0 Å².